The van der Waals surface area contributed by atoms with Gasteiger partial charge in [-0.15, -0.1) is 0 Å². The van der Waals surface area contributed by atoms with Crippen molar-refractivity contribution in [1.29, 1.82) is 0 Å². The highest BCUT2D eigenvalue weighted by Gasteiger charge is 2.34. The van der Waals surface area contributed by atoms with Gasteiger partial charge in [-0.05, 0) is 43.7 Å². The van der Waals surface area contributed by atoms with Crippen LogP contribution in [0.3, 0.4) is 0 Å². The minimum atomic E-state index is 0.114. The Morgan fingerprint density at radius 1 is 1.24 bits per heavy atom. The van der Waals surface area contributed by atoms with Crippen LogP contribution >= 0.6 is 0 Å². The van der Waals surface area contributed by atoms with Crippen molar-refractivity contribution in [2.24, 2.45) is 5.41 Å². The molecule has 2 heterocycles. The number of hydrogen-bond acceptors (Lipinski definition) is 2. The van der Waals surface area contributed by atoms with Gasteiger partial charge in [0.15, 0.2) is 5.78 Å². The molecule has 0 N–H and O–H groups in total. The van der Waals surface area contributed by atoms with Crippen molar-refractivity contribution in [2.45, 2.75) is 58.9 Å². The summed E-state index contributed by atoms with van der Waals surface area (Å²) in [6.45, 7) is 10.3. The van der Waals surface area contributed by atoms with Crippen LogP contribution in [-0.2, 0) is 6.42 Å². The highest BCUT2D eigenvalue weighted by molar-refractivity contribution is 5.98. The van der Waals surface area contributed by atoms with Crippen LogP contribution in [0.15, 0.2) is 12.3 Å². The molecule has 3 nitrogen and oxygen atoms in total. The van der Waals surface area contributed by atoms with E-state index in [1.54, 1.807) is 0 Å². The minimum Gasteiger partial charge on any atom is -0.348 e. The molecular formula is C18H28N2O. The quantitative estimate of drug-likeness (QED) is 0.847. The molecule has 2 aliphatic rings. The Morgan fingerprint density at radius 3 is 2.62 bits per heavy atom. The zero-order chi connectivity index (χ0) is 15.0. The molecule has 1 saturated heterocycles. The van der Waals surface area contributed by atoms with Crippen molar-refractivity contribution in [3.05, 3.63) is 23.5 Å². The van der Waals surface area contributed by atoms with E-state index in [9.17, 15) is 4.79 Å². The van der Waals surface area contributed by atoms with Crippen molar-refractivity contribution in [2.75, 3.05) is 19.6 Å². The van der Waals surface area contributed by atoms with Gasteiger partial charge in [-0.1, -0.05) is 20.8 Å². The lowest BCUT2D eigenvalue weighted by Gasteiger charge is -2.35. The Kier molecular flexibility index (Phi) is 3.96. The first kappa shape index (κ1) is 14.8. The number of fused-ring (bicyclic) bond motifs is 1. The second kappa shape index (κ2) is 5.60. The fourth-order valence-corrected chi connectivity index (χ4v) is 4.05. The van der Waals surface area contributed by atoms with Gasteiger partial charge in [-0.2, -0.15) is 0 Å². The zero-order valence-electron chi connectivity index (χ0n) is 13.7. The number of carbonyl (C=O) groups excluding carboxylic acids is 1. The summed E-state index contributed by atoms with van der Waals surface area (Å²) in [6.07, 6.45) is 7.58. The van der Waals surface area contributed by atoms with E-state index in [0.29, 0.717) is 18.2 Å². The summed E-state index contributed by atoms with van der Waals surface area (Å²) in [7, 11) is 0. The summed E-state index contributed by atoms with van der Waals surface area (Å²) in [4.78, 5) is 14.9. The lowest BCUT2D eigenvalue weighted by Crippen LogP contribution is -2.36. The van der Waals surface area contributed by atoms with E-state index in [1.165, 1.54) is 44.6 Å². The van der Waals surface area contributed by atoms with Crippen molar-refractivity contribution in [1.82, 2.24) is 9.47 Å². The molecule has 3 heteroatoms. The maximum atomic E-state index is 12.3. The third kappa shape index (κ3) is 2.94. The fourth-order valence-electron chi connectivity index (χ4n) is 4.05. The number of nitrogens with zero attached hydrogens (tertiary/aromatic N) is 2. The molecule has 1 aromatic heterocycles. The Hall–Kier alpha value is -1.09. The smallest absolute Gasteiger partial charge is 0.165 e. The molecule has 1 aliphatic heterocycles. The molecule has 1 fully saturated rings. The second-order valence-corrected chi connectivity index (χ2v) is 7.60. The minimum absolute atomic E-state index is 0.114. The van der Waals surface area contributed by atoms with Gasteiger partial charge in [0, 0.05) is 43.0 Å². The predicted molar refractivity (Wildman–Crippen MR) is 85.9 cm³/mol. The maximum absolute atomic E-state index is 12.3. The van der Waals surface area contributed by atoms with Gasteiger partial charge < -0.3 is 9.47 Å². The molecule has 0 bridgehead atoms. The number of Topliss-reactive ketones (excluding diaryl/α,β-unsaturated/α-hetero) is 1. The first-order valence-electron chi connectivity index (χ1n) is 8.45. The lowest BCUT2D eigenvalue weighted by molar-refractivity contribution is 0.0907. The third-order valence-corrected chi connectivity index (χ3v) is 5.10. The molecule has 1 aliphatic carbocycles. The summed E-state index contributed by atoms with van der Waals surface area (Å²) in [6, 6.07) is 2.65. The predicted octanol–water partition coefficient (Wildman–Crippen LogP) is 3.69. The molecule has 0 radical (unpaired) electrons. The van der Waals surface area contributed by atoms with Crippen LogP contribution in [0.4, 0.5) is 0 Å². The average Bonchev–Trinajstić information content (AvgIpc) is 2.82. The molecule has 0 spiro atoms. The number of rotatable bonds is 3. The molecule has 21 heavy (non-hydrogen) atoms. The zero-order valence-corrected chi connectivity index (χ0v) is 13.7. The van der Waals surface area contributed by atoms with Crippen LogP contribution in [0.5, 0.6) is 0 Å². The van der Waals surface area contributed by atoms with E-state index in [4.69, 9.17) is 0 Å². The second-order valence-electron chi connectivity index (χ2n) is 7.60. The molecule has 1 aromatic rings. The highest BCUT2D eigenvalue weighted by atomic mass is 16.1. The molecule has 0 saturated carbocycles. The molecule has 0 unspecified atom stereocenters. The van der Waals surface area contributed by atoms with Crippen molar-refractivity contribution in [3.8, 4) is 0 Å². The Labute approximate surface area is 128 Å². The van der Waals surface area contributed by atoms with Gasteiger partial charge in [-0.3, -0.25) is 4.79 Å². The van der Waals surface area contributed by atoms with Gasteiger partial charge in [0.2, 0.25) is 0 Å². The normalized spacial score (nSPS) is 23.3. The number of ketones is 1. The largest absolute Gasteiger partial charge is 0.348 e. The van der Waals surface area contributed by atoms with Gasteiger partial charge >= 0.3 is 0 Å². The summed E-state index contributed by atoms with van der Waals surface area (Å²) in [5.74, 6) is 0.336. The van der Waals surface area contributed by atoms with Crippen molar-refractivity contribution >= 4 is 5.78 Å². The Morgan fingerprint density at radius 2 is 1.95 bits per heavy atom. The van der Waals surface area contributed by atoms with Crippen LogP contribution in [0.2, 0.25) is 0 Å². The van der Waals surface area contributed by atoms with E-state index < -0.39 is 0 Å². The Bertz CT molecular complexity index is 521. The van der Waals surface area contributed by atoms with Crippen LogP contribution in [0, 0.1) is 5.41 Å². The molecule has 0 aromatic carbocycles. The summed E-state index contributed by atoms with van der Waals surface area (Å²) in [5, 5.41) is 0. The van der Waals surface area contributed by atoms with E-state index in [0.717, 1.165) is 12.0 Å². The van der Waals surface area contributed by atoms with E-state index in [1.807, 2.05) is 0 Å². The van der Waals surface area contributed by atoms with Gasteiger partial charge in [0.05, 0.1) is 0 Å². The van der Waals surface area contributed by atoms with Gasteiger partial charge in [0.1, 0.15) is 0 Å². The topological polar surface area (TPSA) is 25.2 Å². The van der Waals surface area contributed by atoms with Crippen LogP contribution in [0.25, 0.3) is 0 Å². The number of piperidine rings is 1. The number of carbonyl (C=O) groups is 1. The molecule has 3 rings (SSSR count). The maximum Gasteiger partial charge on any atom is 0.165 e. The van der Waals surface area contributed by atoms with Crippen molar-refractivity contribution in [3.63, 3.8) is 0 Å². The SMILES string of the molecule is CCCN1CCC(n2ccc3c2CC(C)(C)CC3=O)CC1. The number of hydrogen-bond donors (Lipinski definition) is 0. The van der Waals surface area contributed by atoms with Crippen LogP contribution < -0.4 is 0 Å². The molecule has 0 atom stereocenters. The van der Waals surface area contributed by atoms with Gasteiger partial charge in [0.25, 0.3) is 0 Å². The fraction of sp³-hybridized carbons (Fsp3) is 0.722. The monoisotopic (exact) mass is 288 g/mol. The number of aromatic nitrogens is 1. The standard InChI is InChI=1S/C18H28N2O/c1-4-8-19-9-5-14(6-10-19)20-11-7-15-16(20)12-18(2,3)13-17(15)21/h7,11,14H,4-6,8-10,12-13H2,1-3H3. The molecule has 116 valence electrons. The summed E-state index contributed by atoms with van der Waals surface area (Å²) in [5.41, 5.74) is 2.40. The van der Waals surface area contributed by atoms with E-state index >= 15 is 0 Å². The number of likely N-dealkylation sites (tertiary alicyclic amines) is 1. The molecular weight excluding hydrogens is 260 g/mol. The average molecular weight is 288 g/mol. The van der Waals surface area contributed by atoms with Crippen molar-refractivity contribution < 1.29 is 4.79 Å². The Balaban J connectivity index is 1.78. The summed E-state index contributed by atoms with van der Waals surface area (Å²) < 4.78 is 2.43. The molecule has 0 amide bonds. The van der Waals surface area contributed by atoms with E-state index in [2.05, 4.69) is 42.5 Å². The third-order valence-electron chi connectivity index (χ3n) is 5.10. The lowest BCUT2D eigenvalue weighted by atomic mass is 9.76. The first-order chi connectivity index (χ1) is 10.00. The van der Waals surface area contributed by atoms with Crippen LogP contribution in [-0.4, -0.2) is 34.9 Å². The van der Waals surface area contributed by atoms with Gasteiger partial charge in [-0.25, -0.2) is 0 Å². The highest BCUT2D eigenvalue weighted by Crippen LogP contribution is 2.37. The van der Waals surface area contributed by atoms with E-state index in [-0.39, 0.29) is 5.41 Å². The first-order valence-corrected chi connectivity index (χ1v) is 8.45. The van der Waals surface area contributed by atoms with Crippen LogP contribution in [0.1, 0.15) is 68.5 Å². The summed E-state index contributed by atoms with van der Waals surface area (Å²) >= 11 is 0.